The van der Waals surface area contributed by atoms with Crippen LogP contribution in [0.4, 0.5) is 8.78 Å². The lowest BCUT2D eigenvalue weighted by molar-refractivity contribution is -0.0512. The summed E-state index contributed by atoms with van der Waals surface area (Å²) >= 11 is 0. The third-order valence-corrected chi connectivity index (χ3v) is 3.92. The molecule has 2 rings (SSSR count). The van der Waals surface area contributed by atoms with E-state index in [9.17, 15) is 8.78 Å². The minimum atomic E-state index is -2.91. The number of aromatic nitrogens is 1. The Bertz CT molecular complexity index is 747. The van der Waals surface area contributed by atoms with Gasteiger partial charge >= 0.3 is 6.61 Å². The molecular weight excluding hydrogens is 342 g/mol. The second kappa shape index (κ2) is 9.07. The molecule has 0 bridgehead atoms. The molecule has 1 aromatic carbocycles. The number of aliphatic imine (C=N–C) groups is 1. The van der Waals surface area contributed by atoms with E-state index in [0.717, 1.165) is 11.3 Å². The first kappa shape index (κ1) is 19.6. The van der Waals surface area contributed by atoms with Gasteiger partial charge in [-0.15, -0.1) is 0 Å². The molecule has 1 heterocycles. The van der Waals surface area contributed by atoms with Gasteiger partial charge in [-0.3, -0.25) is 4.99 Å². The minimum Gasteiger partial charge on any atom is -0.493 e. The molecule has 2 aromatic rings. The highest BCUT2D eigenvalue weighted by atomic mass is 19.3. The van der Waals surface area contributed by atoms with E-state index in [1.807, 2.05) is 41.9 Å². The molecule has 8 heteroatoms. The Labute approximate surface area is 152 Å². The van der Waals surface area contributed by atoms with Crippen molar-refractivity contribution in [2.75, 3.05) is 21.2 Å². The highest BCUT2D eigenvalue weighted by molar-refractivity contribution is 5.79. The van der Waals surface area contributed by atoms with Crippen molar-refractivity contribution in [2.45, 2.75) is 19.7 Å². The SMILES string of the molecule is CN=C(NCc1ccc(OC)c(OC(F)F)c1)N(C)Cc1cccn1C. The molecule has 6 nitrogen and oxygen atoms in total. The van der Waals surface area contributed by atoms with Crippen LogP contribution in [-0.2, 0) is 20.1 Å². The molecule has 0 aliphatic heterocycles. The number of nitrogens with one attached hydrogen (secondary N) is 1. The number of hydrogen-bond acceptors (Lipinski definition) is 3. The molecule has 0 aliphatic carbocycles. The number of benzene rings is 1. The van der Waals surface area contributed by atoms with Crippen molar-refractivity contribution in [3.63, 3.8) is 0 Å². The fourth-order valence-corrected chi connectivity index (χ4v) is 2.56. The molecule has 0 saturated carbocycles. The molecular formula is C18H24F2N4O2. The zero-order valence-electron chi connectivity index (χ0n) is 15.4. The van der Waals surface area contributed by atoms with Gasteiger partial charge in [-0.05, 0) is 29.8 Å². The van der Waals surface area contributed by atoms with Gasteiger partial charge in [0.2, 0.25) is 0 Å². The molecule has 0 radical (unpaired) electrons. The number of ether oxygens (including phenoxy) is 2. The first-order chi connectivity index (χ1) is 12.4. The van der Waals surface area contributed by atoms with Crippen LogP contribution in [-0.4, -0.2) is 43.2 Å². The van der Waals surface area contributed by atoms with Crippen molar-refractivity contribution < 1.29 is 18.3 Å². The van der Waals surface area contributed by atoms with Crippen LogP contribution in [0.15, 0.2) is 41.5 Å². The Morgan fingerprint density at radius 3 is 2.65 bits per heavy atom. The summed E-state index contributed by atoms with van der Waals surface area (Å²) in [7, 11) is 7.03. The van der Waals surface area contributed by atoms with Crippen molar-refractivity contribution in [2.24, 2.45) is 12.0 Å². The second-order valence-corrected chi connectivity index (χ2v) is 5.73. The van der Waals surface area contributed by atoms with Crippen LogP contribution in [0.2, 0.25) is 0 Å². The van der Waals surface area contributed by atoms with Crippen molar-refractivity contribution >= 4 is 5.96 Å². The number of methoxy groups -OCH3 is 1. The van der Waals surface area contributed by atoms with Gasteiger partial charge in [0.05, 0.1) is 13.7 Å². The van der Waals surface area contributed by atoms with Gasteiger partial charge in [0.1, 0.15) is 0 Å². The molecule has 0 spiro atoms. The first-order valence-corrected chi connectivity index (χ1v) is 8.08. The van der Waals surface area contributed by atoms with Crippen LogP contribution in [0.3, 0.4) is 0 Å². The fraction of sp³-hybridized carbons (Fsp3) is 0.389. The number of nitrogens with zero attached hydrogens (tertiary/aromatic N) is 3. The van der Waals surface area contributed by atoms with E-state index in [1.54, 1.807) is 19.2 Å². The Kier molecular flexibility index (Phi) is 6.82. The standard InChI is InChI=1S/C18H24F2N4O2/c1-21-18(24(3)12-14-6-5-9-23(14)2)22-11-13-7-8-15(25-4)16(10-13)26-17(19)20/h5-10,17H,11-12H2,1-4H3,(H,21,22). The lowest BCUT2D eigenvalue weighted by Gasteiger charge is -2.22. The van der Waals surface area contributed by atoms with Crippen LogP contribution in [0.1, 0.15) is 11.3 Å². The zero-order chi connectivity index (χ0) is 19.1. The van der Waals surface area contributed by atoms with Crippen molar-refractivity contribution in [1.29, 1.82) is 0 Å². The minimum absolute atomic E-state index is 0.00829. The van der Waals surface area contributed by atoms with Gasteiger partial charge in [-0.2, -0.15) is 8.78 Å². The molecule has 0 atom stereocenters. The summed E-state index contributed by atoms with van der Waals surface area (Å²) in [4.78, 5) is 6.25. The quantitative estimate of drug-likeness (QED) is 0.605. The fourth-order valence-electron chi connectivity index (χ4n) is 2.56. The maximum Gasteiger partial charge on any atom is 0.387 e. The maximum atomic E-state index is 12.5. The summed E-state index contributed by atoms with van der Waals surface area (Å²) in [5.74, 6) is 0.964. The number of guanidine groups is 1. The maximum absolute atomic E-state index is 12.5. The highest BCUT2D eigenvalue weighted by Gasteiger charge is 2.12. The smallest absolute Gasteiger partial charge is 0.387 e. The molecule has 0 unspecified atom stereocenters. The third-order valence-electron chi connectivity index (χ3n) is 3.92. The molecule has 142 valence electrons. The van der Waals surface area contributed by atoms with E-state index in [1.165, 1.54) is 13.2 Å². The van der Waals surface area contributed by atoms with Crippen LogP contribution < -0.4 is 14.8 Å². The molecule has 26 heavy (non-hydrogen) atoms. The lowest BCUT2D eigenvalue weighted by atomic mass is 10.2. The molecule has 1 aromatic heterocycles. The normalized spacial score (nSPS) is 11.6. The molecule has 1 N–H and O–H groups in total. The van der Waals surface area contributed by atoms with Gasteiger partial charge in [-0.25, -0.2) is 0 Å². The van der Waals surface area contributed by atoms with Gasteiger partial charge in [-0.1, -0.05) is 6.07 Å². The number of rotatable bonds is 7. The van der Waals surface area contributed by atoms with E-state index in [4.69, 9.17) is 4.74 Å². The third kappa shape index (κ3) is 5.11. The second-order valence-electron chi connectivity index (χ2n) is 5.73. The summed E-state index contributed by atoms with van der Waals surface area (Å²) in [6.45, 7) is -1.81. The van der Waals surface area contributed by atoms with E-state index in [2.05, 4.69) is 15.0 Å². The average Bonchev–Trinajstić information content (AvgIpc) is 3.00. The largest absolute Gasteiger partial charge is 0.493 e. The molecule has 0 fully saturated rings. The van der Waals surface area contributed by atoms with Gasteiger partial charge < -0.3 is 24.3 Å². The zero-order valence-corrected chi connectivity index (χ0v) is 15.4. The summed E-state index contributed by atoms with van der Waals surface area (Å²) in [5.41, 5.74) is 1.92. The average molecular weight is 366 g/mol. The Morgan fingerprint density at radius 2 is 2.08 bits per heavy atom. The lowest BCUT2D eigenvalue weighted by Crippen LogP contribution is -2.38. The van der Waals surface area contributed by atoms with Gasteiger partial charge in [0, 0.05) is 39.6 Å². The predicted molar refractivity (Wildman–Crippen MR) is 96.7 cm³/mol. The number of halogens is 2. The van der Waals surface area contributed by atoms with Crippen LogP contribution >= 0.6 is 0 Å². The van der Waals surface area contributed by atoms with Crippen molar-refractivity contribution in [3.05, 3.63) is 47.8 Å². The highest BCUT2D eigenvalue weighted by Crippen LogP contribution is 2.29. The predicted octanol–water partition coefficient (Wildman–Crippen LogP) is 2.84. The first-order valence-electron chi connectivity index (χ1n) is 8.08. The van der Waals surface area contributed by atoms with Gasteiger partial charge in [0.15, 0.2) is 17.5 Å². The molecule has 0 aliphatic rings. The van der Waals surface area contributed by atoms with E-state index in [-0.39, 0.29) is 11.5 Å². The number of hydrogen-bond donors (Lipinski definition) is 1. The summed E-state index contributed by atoms with van der Waals surface area (Å²) in [6.07, 6.45) is 1.99. The summed E-state index contributed by atoms with van der Waals surface area (Å²) in [6, 6.07) is 8.95. The molecule has 0 amide bonds. The Hall–Kier alpha value is -2.77. The Morgan fingerprint density at radius 1 is 1.31 bits per heavy atom. The van der Waals surface area contributed by atoms with Crippen molar-refractivity contribution in [3.8, 4) is 11.5 Å². The number of alkyl halides is 2. The van der Waals surface area contributed by atoms with E-state index in [0.29, 0.717) is 19.0 Å². The van der Waals surface area contributed by atoms with Crippen LogP contribution in [0, 0.1) is 0 Å². The monoisotopic (exact) mass is 366 g/mol. The van der Waals surface area contributed by atoms with Gasteiger partial charge in [0.25, 0.3) is 0 Å². The van der Waals surface area contributed by atoms with E-state index >= 15 is 0 Å². The van der Waals surface area contributed by atoms with Crippen molar-refractivity contribution in [1.82, 2.24) is 14.8 Å². The summed E-state index contributed by atoms with van der Waals surface area (Å²) in [5, 5.41) is 3.22. The Balaban J connectivity index is 2.02. The van der Waals surface area contributed by atoms with Crippen LogP contribution in [0.25, 0.3) is 0 Å². The van der Waals surface area contributed by atoms with E-state index < -0.39 is 6.61 Å². The summed E-state index contributed by atoms with van der Waals surface area (Å²) < 4.78 is 36.7. The topological polar surface area (TPSA) is 51.0 Å². The molecule has 0 saturated heterocycles. The number of aryl methyl sites for hydroxylation is 1. The van der Waals surface area contributed by atoms with Crippen LogP contribution in [0.5, 0.6) is 11.5 Å².